The average Bonchev–Trinajstić information content (AvgIpc) is 2.71. The van der Waals surface area contributed by atoms with Gasteiger partial charge in [0.25, 0.3) is 5.56 Å². The van der Waals surface area contributed by atoms with Crippen LogP contribution in [-0.4, -0.2) is 32.5 Å². The predicted molar refractivity (Wildman–Crippen MR) is 59.8 cm³/mol. The normalized spacial score (nSPS) is 24.9. The van der Waals surface area contributed by atoms with Gasteiger partial charge < -0.3 is 9.84 Å². The number of halogens is 1. The maximum atomic E-state index is 11.5. The van der Waals surface area contributed by atoms with Gasteiger partial charge >= 0.3 is 5.69 Å². The van der Waals surface area contributed by atoms with Crippen molar-refractivity contribution >= 4 is 23.4 Å². The molecule has 0 bridgehead atoms. The number of rotatable bonds is 2. The predicted octanol–water partition coefficient (Wildman–Crippen LogP) is -0.230. The standard InChI is InChI=1S/C8H9ClN2O4S/c9-4-1-11(8(14)10-7(4)13)5-3-16-6(2-12)15-5/h1,5-6,12H,2-3H2,(H,10,13,14)/t5-,6+/m0/s1. The Morgan fingerprint density at radius 1 is 1.69 bits per heavy atom. The highest BCUT2D eigenvalue weighted by atomic mass is 35.5. The number of aromatic amines is 1. The average molecular weight is 265 g/mol. The topological polar surface area (TPSA) is 84.3 Å². The van der Waals surface area contributed by atoms with Gasteiger partial charge in [-0.3, -0.25) is 14.3 Å². The lowest BCUT2D eigenvalue weighted by Crippen LogP contribution is -2.33. The van der Waals surface area contributed by atoms with Gasteiger partial charge in [0.1, 0.15) is 16.7 Å². The molecule has 6 nitrogen and oxygen atoms in total. The van der Waals surface area contributed by atoms with Gasteiger partial charge in [0.05, 0.1) is 6.61 Å². The Hall–Kier alpha value is -0.760. The summed E-state index contributed by atoms with van der Waals surface area (Å²) in [5, 5.41) is 8.81. The molecule has 1 saturated heterocycles. The highest BCUT2D eigenvalue weighted by Gasteiger charge is 2.27. The molecule has 0 amide bonds. The fourth-order valence-corrected chi connectivity index (χ4v) is 2.44. The monoisotopic (exact) mass is 264 g/mol. The molecule has 0 radical (unpaired) electrons. The second-order valence-corrected chi connectivity index (χ2v) is 4.78. The molecule has 1 fully saturated rings. The van der Waals surface area contributed by atoms with E-state index in [1.165, 1.54) is 22.5 Å². The number of hydrogen-bond donors (Lipinski definition) is 2. The Morgan fingerprint density at radius 2 is 2.44 bits per heavy atom. The SMILES string of the molecule is O=c1[nH]c(=O)n([C@@H]2CS[C@H](CO)O2)cc1Cl. The lowest BCUT2D eigenvalue weighted by Gasteiger charge is -2.13. The van der Waals surface area contributed by atoms with E-state index in [1.54, 1.807) is 0 Å². The molecule has 2 N–H and O–H groups in total. The molecular weight excluding hydrogens is 256 g/mol. The Balaban J connectivity index is 2.32. The van der Waals surface area contributed by atoms with Crippen LogP contribution in [0, 0.1) is 0 Å². The first-order valence-corrected chi connectivity index (χ1v) is 5.93. The maximum Gasteiger partial charge on any atom is 0.330 e. The van der Waals surface area contributed by atoms with Crippen LogP contribution in [0.4, 0.5) is 0 Å². The van der Waals surface area contributed by atoms with Crippen LogP contribution in [0.25, 0.3) is 0 Å². The van der Waals surface area contributed by atoms with Gasteiger partial charge in [0.15, 0.2) is 0 Å². The molecule has 0 unspecified atom stereocenters. The summed E-state index contributed by atoms with van der Waals surface area (Å²) < 4.78 is 6.58. The largest absolute Gasteiger partial charge is 0.393 e. The highest BCUT2D eigenvalue weighted by Crippen LogP contribution is 2.30. The number of aromatic nitrogens is 2. The highest BCUT2D eigenvalue weighted by molar-refractivity contribution is 8.00. The molecule has 1 aliphatic heterocycles. The molecule has 2 heterocycles. The van der Waals surface area contributed by atoms with Crippen molar-refractivity contribution in [3.05, 3.63) is 32.1 Å². The lowest BCUT2D eigenvalue weighted by molar-refractivity contribution is -0.00639. The number of nitrogens with one attached hydrogen (secondary N) is 1. The summed E-state index contributed by atoms with van der Waals surface area (Å²) in [6, 6.07) is 0. The summed E-state index contributed by atoms with van der Waals surface area (Å²) >= 11 is 7.02. The van der Waals surface area contributed by atoms with Crippen LogP contribution in [0.1, 0.15) is 6.23 Å². The van der Waals surface area contributed by atoms with Crippen molar-refractivity contribution < 1.29 is 9.84 Å². The fourth-order valence-electron chi connectivity index (χ4n) is 1.36. The lowest BCUT2D eigenvalue weighted by atomic mass is 10.5. The van der Waals surface area contributed by atoms with E-state index >= 15 is 0 Å². The summed E-state index contributed by atoms with van der Waals surface area (Å²) in [5.41, 5.74) is -1.53. The molecule has 2 rings (SSSR count). The zero-order chi connectivity index (χ0) is 11.7. The van der Waals surface area contributed by atoms with Gasteiger partial charge in [0, 0.05) is 11.9 Å². The van der Waals surface area contributed by atoms with E-state index in [-0.39, 0.29) is 17.1 Å². The fraction of sp³-hybridized carbons (Fsp3) is 0.500. The van der Waals surface area contributed by atoms with Crippen molar-refractivity contribution in [3.63, 3.8) is 0 Å². The molecule has 1 aromatic heterocycles. The van der Waals surface area contributed by atoms with Crippen molar-refractivity contribution in [2.45, 2.75) is 11.7 Å². The van der Waals surface area contributed by atoms with Crippen LogP contribution in [-0.2, 0) is 4.74 Å². The van der Waals surface area contributed by atoms with Crippen LogP contribution in [0.15, 0.2) is 15.8 Å². The first kappa shape index (κ1) is 11.7. The van der Waals surface area contributed by atoms with Crippen molar-refractivity contribution in [2.24, 2.45) is 0 Å². The zero-order valence-electron chi connectivity index (χ0n) is 8.05. The van der Waals surface area contributed by atoms with Crippen LogP contribution in [0.3, 0.4) is 0 Å². The van der Waals surface area contributed by atoms with Crippen LogP contribution < -0.4 is 11.2 Å². The van der Waals surface area contributed by atoms with Crippen molar-refractivity contribution in [3.8, 4) is 0 Å². The van der Waals surface area contributed by atoms with Crippen LogP contribution in [0.2, 0.25) is 5.02 Å². The van der Waals surface area contributed by atoms with Crippen LogP contribution in [0.5, 0.6) is 0 Å². The molecule has 1 aliphatic rings. The second kappa shape index (κ2) is 4.62. The Labute approximate surface area is 99.2 Å². The number of aliphatic hydroxyl groups is 1. The van der Waals surface area contributed by atoms with Crippen molar-refractivity contribution in [1.82, 2.24) is 9.55 Å². The zero-order valence-corrected chi connectivity index (χ0v) is 9.62. The Bertz CT molecular complexity index is 500. The third-order valence-corrected chi connectivity index (χ3v) is 3.50. The first-order valence-electron chi connectivity index (χ1n) is 4.50. The number of H-pyrrole nitrogens is 1. The van der Waals surface area contributed by atoms with E-state index < -0.39 is 17.5 Å². The molecular formula is C8H9ClN2O4S. The number of nitrogens with zero attached hydrogens (tertiary/aromatic N) is 1. The smallest absolute Gasteiger partial charge is 0.330 e. The quantitative estimate of drug-likeness (QED) is 0.771. The van der Waals surface area contributed by atoms with Gasteiger partial charge in [-0.2, -0.15) is 0 Å². The molecule has 88 valence electrons. The van der Waals surface area contributed by atoms with E-state index in [0.29, 0.717) is 5.75 Å². The molecule has 0 saturated carbocycles. The van der Waals surface area contributed by atoms with E-state index in [9.17, 15) is 9.59 Å². The third-order valence-electron chi connectivity index (χ3n) is 2.12. The minimum atomic E-state index is -0.618. The van der Waals surface area contributed by atoms with Gasteiger partial charge in [-0.05, 0) is 0 Å². The van der Waals surface area contributed by atoms with E-state index in [4.69, 9.17) is 21.4 Å². The summed E-state index contributed by atoms with van der Waals surface area (Å²) in [6.45, 7) is -0.118. The Kier molecular flexibility index (Phi) is 3.38. The van der Waals surface area contributed by atoms with Crippen LogP contribution >= 0.6 is 23.4 Å². The molecule has 8 heteroatoms. The molecule has 1 aromatic rings. The van der Waals surface area contributed by atoms with Gasteiger partial charge in [-0.25, -0.2) is 4.79 Å². The molecule has 0 aromatic carbocycles. The summed E-state index contributed by atoms with van der Waals surface area (Å²) in [4.78, 5) is 24.6. The second-order valence-electron chi connectivity index (χ2n) is 3.18. The van der Waals surface area contributed by atoms with E-state index in [2.05, 4.69) is 4.98 Å². The van der Waals surface area contributed by atoms with Gasteiger partial charge in [0.2, 0.25) is 0 Å². The minimum absolute atomic E-state index is 0.0688. The molecule has 2 atom stereocenters. The van der Waals surface area contributed by atoms with Gasteiger partial charge in [-0.1, -0.05) is 11.6 Å². The third kappa shape index (κ3) is 2.17. The molecule has 16 heavy (non-hydrogen) atoms. The molecule has 0 spiro atoms. The summed E-state index contributed by atoms with van der Waals surface area (Å²) in [5.74, 6) is 0.521. The maximum absolute atomic E-state index is 11.5. The number of thioether (sulfide) groups is 1. The number of hydrogen-bond acceptors (Lipinski definition) is 5. The number of ether oxygens (including phenoxy) is 1. The van der Waals surface area contributed by atoms with Crippen molar-refractivity contribution in [1.29, 1.82) is 0 Å². The summed E-state index contributed by atoms with van der Waals surface area (Å²) in [6.07, 6.45) is 0.734. The number of aliphatic hydroxyl groups excluding tert-OH is 1. The minimum Gasteiger partial charge on any atom is -0.393 e. The Morgan fingerprint density at radius 3 is 3.06 bits per heavy atom. The van der Waals surface area contributed by atoms with Crippen molar-refractivity contribution in [2.75, 3.05) is 12.4 Å². The summed E-state index contributed by atoms with van der Waals surface area (Å²) in [7, 11) is 0. The van der Waals surface area contributed by atoms with E-state index in [1.807, 2.05) is 0 Å². The van der Waals surface area contributed by atoms with Gasteiger partial charge in [-0.15, -0.1) is 11.8 Å². The van der Waals surface area contributed by atoms with E-state index in [0.717, 1.165) is 0 Å². The first-order chi connectivity index (χ1) is 7.61. The molecule has 0 aliphatic carbocycles.